The van der Waals surface area contributed by atoms with Crippen LogP contribution in [0.5, 0.6) is 5.75 Å². The molecule has 3 N–H and O–H groups in total. The molecular weight excluding hydrogens is 324 g/mol. The molecule has 0 bridgehead atoms. The summed E-state index contributed by atoms with van der Waals surface area (Å²) in [5.41, 5.74) is 6.54. The number of anilines is 2. The molecule has 22 heavy (non-hydrogen) atoms. The Kier molecular flexibility index (Phi) is 4.50. The number of hydrogen-bond acceptors (Lipinski definition) is 6. The molecule has 1 heterocycles. The van der Waals surface area contributed by atoms with Gasteiger partial charge < -0.3 is 10.5 Å². The Morgan fingerprint density at radius 3 is 2.68 bits per heavy atom. The quantitative estimate of drug-likeness (QED) is 0.511. The van der Waals surface area contributed by atoms with Crippen LogP contribution in [0.25, 0.3) is 0 Å². The van der Waals surface area contributed by atoms with E-state index >= 15 is 0 Å². The molecule has 0 aliphatic rings. The molecular formula is C12H10F4N4OS. The van der Waals surface area contributed by atoms with Crippen LogP contribution < -0.4 is 15.9 Å². The van der Waals surface area contributed by atoms with E-state index in [0.29, 0.717) is 23.1 Å². The van der Waals surface area contributed by atoms with E-state index in [4.69, 9.17) is 10.5 Å². The summed E-state index contributed by atoms with van der Waals surface area (Å²) in [5, 5.41) is 5.63. The number of benzene rings is 1. The summed E-state index contributed by atoms with van der Waals surface area (Å²) in [7, 11) is 1.14. The summed E-state index contributed by atoms with van der Waals surface area (Å²) in [6.07, 6.45) is -3.66. The SMILES string of the molecule is COc1cc(C(F)(F)F)cc(F)c1C=NNc1nc(N)cs1. The third kappa shape index (κ3) is 3.64. The highest BCUT2D eigenvalue weighted by molar-refractivity contribution is 7.14. The molecule has 0 aliphatic heterocycles. The van der Waals surface area contributed by atoms with Crippen molar-refractivity contribution in [3.05, 3.63) is 34.5 Å². The number of thiazole rings is 1. The summed E-state index contributed by atoms with van der Waals surface area (Å²) in [6, 6.07) is 1.08. The predicted molar refractivity (Wildman–Crippen MR) is 75.7 cm³/mol. The number of rotatable bonds is 4. The molecule has 0 radical (unpaired) electrons. The lowest BCUT2D eigenvalue weighted by Crippen LogP contribution is -2.08. The highest BCUT2D eigenvalue weighted by atomic mass is 32.1. The van der Waals surface area contributed by atoms with Crippen molar-refractivity contribution in [2.45, 2.75) is 6.18 Å². The average Bonchev–Trinajstić information content (AvgIpc) is 2.84. The number of hydrogen-bond donors (Lipinski definition) is 2. The van der Waals surface area contributed by atoms with Crippen molar-refractivity contribution in [3.8, 4) is 5.75 Å². The molecule has 0 spiro atoms. The van der Waals surface area contributed by atoms with Gasteiger partial charge >= 0.3 is 6.18 Å². The number of hydrazone groups is 1. The molecule has 5 nitrogen and oxygen atoms in total. The van der Waals surface area contributed by atoms with Crippen LogP contribution in [0, 0.1) is 5.82 Å². The lowest BCUT2D eigenvalue weighted by molar-refractivity contribution is -0.137. The van der Waals surface area contributed by atoms with Gasteiger partial charge in [-0.15, -0.1) is 11.3 Å². The minimum absolute atomic E-state index is 0.215. The highest BCUT2D eigenvalue weighted by Crippen LogP contribution is 2.34. The molecule has 2 rings (SSSR count). The summed E-state index contributed by atoms with van der Waals surface area (Å²) in [6.45, 7) is 0. The number of methoxy groups -OCH3 is 1. The lowest BCUT2D eigenvalue weighted by atomic mass is 10.1. The first-order valence-electron chi connectivity index (χ1n) is 5.76. The van der Waals surface area contributed by atoms with E-state index in [0.717, 1.165) is 13.3 Å². The van der Waals surface area contributed by atoms with Crippen LogP contribution in [0.15, 0.2) is 22.6 Å². The number of nitrogen functional groups attached to an aromatic ring is 1. The molecule has 0 aliphatic carbocycles. The standard InChI is InChI=1S/C12H10F4N4OS/c1-21-9-3-6(12(14,15)16)2-8(13)7(9)4-18-20-11-19-10(17)5-22-11/h2-5H,17H2,1H3,(H,19,20). The van der Waals surface area contributed by atoms with Crippen molar-refractivity contribution in [3.63, 3.8) is 0 Å². The molecule has 118 valence electrons. The number of aromatic nitrogens is 1. The van der Waals surface area contributed by atoms with E-state index in [2.05, 4.69) is 15.5 Å². The van der Waals surface area contributed by atoms with E-state index in [1.54, 1.807) is 5.38 Å². The normalized spacial score (nSPS) is 11.9. The van der Waals surface area contributed by atoms with Gasteiger partial charge in [-0.1, -0.05) is 0 Å². The van der Waals surface area contributed by atoms with E-state index in [-0.39, 0.29) is 11.3 Å². The molecule has 1 aromatic heterocycles. The van der Waals surface area contributed by atoms with E-state index < -0.39 is 17.6 Å². The monoisotopic (exact) mass is 334 g/mol. The maximum Gasteiger partial charge on any atom is 0.416 e. The summed E-state index contributed by atoms with van der Waals surface area (Å²) in [4.78, 5) is 3.85. The Hall–Kier alpha value is -2.36. The van der Waals surface area contributed by atoms with Crippen molar-refractivity contribution >= 4 is 28.5 Å². The number of alkyl halides is 3. The molecule has 2 aromatic rings. The average molecular weight is 334 g/mol. The van der Waals surface area contributed by atoms with Crippen LogP contribution >= 0.6 is 11.3 Å². The third-order valence-corrected chi connectivity index (χ3v) is 3.28. The minimum atomic E-state index is -4.67. The van der Waals surface area contributed by atoms with Gasteiger partial charge in [0, 0.05) is 5.38 Å². The Balaban J connectivity index is 2.26. The highest BCUT2D eigenvalue weighted by Gasteiger charge is 2.32. The molecule has 1 aromatic carbocycles. The van der Waals surface area contributed by atoms with Gasteiger partial charge in [0.2, 0.25) is 5.13 Å². The van der Waals surface area contributed by atoms with Crippen molar-refractivity contribution in [2.75, 3.05) is 18.3 Å². The predicted octanol–water partition coefficient (Wildman–Crippen LogP) is 3.34. The minimum Gasteiger partial charge on any atom is -0.496 e. The summed E-state index contributed by atoms with van der Waals surface area (Å²) >= 11 is 1.17. The molecule has 10 heteroatoms. The fourth-order valence-corrected chi connectivity index (χ4v) is 2.09. The van der Waals surface area contributed by atoms with Crippen LogP contribution in [-0.4, -0.2) is 18.3 Å². The van der Waals surface area contributed by atoms with Crippen LogP contribution in [0.2, 0.25) is 0 Å². The lowest BCUT2D eigenvalue weighted by Gasteiger charge is -2.11. The smallest absolute Gasteiger partial charge is 0.416 e. The number of nitrogens with one attached hydrogen (secondary N) is 1. The first-order chi connectivity index (χ1) is 10.3. The maximum absolute atomic E-state index is 13.8. The Bertz CT molecular complexity index is 699. The maximum atomic E-state index is 13.8. The second kappa shape index (κ2) is 6.18. The zero-order chi connectivity index (χ0) is 16.3. The fourth-order valence-electron chi connectivity index (χ4n) is 1.54. The van der Waals surface area contributed by atoms with Crippen molar-refractivity contribution in [1.82, 2.24) is 4.98 Å². The second-order valence-electron chi connectivity index (χ2n) is 4.02. The Labute approximate surface area is 126 Å². The topological polar surface area (TPSA) is 72.5 Å². The molecule has 0 amide bonds. The van der Waals surface area contributed by atoms with E-state index in [1.807, 2.05) is 0 Å². The second-order valence-corrected chi connectivity index (χ2v) is 4.88. The van der Waals surface area contributed by atoms with Gasteiger partial charge in [-0.25, -0.2) is 9.37 Å². The summed E-state index contributed by atoms with van der Waals surface area (Å²) in [5.74, 6) is -1.09. The van der Waals surface area contributed by atoms with Crippen molar-refractivity contribution in [1.29, 1.82) is 0 Å². The van der Waals surface area contributed by atoms with E-state index in [1.165, 1.54) is 11.3 Å². The summed E-state index contributed by atoms with van der Waals surface area (Å²) < 4.78 is 56.4. The van der Waals surface area contributed by atoms with Gasteiger partial charge in [0.1, 0.15) is 17.4 Å². The molecule has 0 saturated carbocycles. The van der Waals surface area contributed by atoms with Gasteiger partial charge in [-0.3, -0.25) is 5.43 Å². The number of nitrogens with zero attached hydrogens (tertiary/aromatic N) is 2. The number of ether oxygens (including phenoxy) is 1. The third-order valence-electron chi connectivity index (χ3n) is 2.51. The van der Waals surface area contributed by atoms with Crippen LogP contribution in [0.4, 0.5) is 28.5 Å². The molecule has 0 atom stereocenters. The number of halogens is 4. The molecule has 0 fully saturated rings. The van der Waals surface area contributed by atoms with Gasteiger partial charge in [0.25, 0.3) is 0 Å². The molecule has 0 unspecified atom stereocenters. The van der Waals surface area contributed by atoms with Crippen LogP contribution in [0.3, 0.4) is 0 Å². The van der Waals surface area contributed by atoms with Gasteiger partial charge in [0.15, 0.2) is 0 Å². The van der Waals surface area contributed by atoms with Gasteiger partial charge in [-0.2, -0.15) is 18.3 Å². The van der Waals surface area contributed by atoms with Gasteiger partial charge in [-0.05, 0) is 12.1 Å². The Morgan fingerprint density at radius 2 is 2.14 bits per heavy atom. The van der Waals surface area contributed by atoms with Crippen molar-refractivity contribution < 1.29 is 22.3 Å². The first-order valence-corrected chi connectivity index (χ1v) is 6.64. The molecule has 0 saturated heterocycles. The van der Waals surface area contributed by atoms with Crippen LogP contribution in [-0.2, 0) is 6.18 Å². The zero-order valence-electron chi connectivity index (χ0n) is 11.1. The largest absolute Gasteiger partial charge is 0.496 e. The van der Waals surface area contributed by atoms with E-state index in [9.17, 15) is 17.6 Å². The zero-order valence-corrected chi connectivity index (χ0v) is 11.9. The first kappa shape index (κ1) is 16.0. The fraction of sp³-hybridized carbons (Fsp3) is 0.167. The van der Waals surface area contributed by atoms with Crippen LogP contribution in [0.1, 0.15) is 11.1 Å². The van der Waals surface area contributed by atoms with Crippen molar-refractivity contribution in [2.24, 2.45) is 5.10 Å². The van der Waals surface area contributed by atoms with Gasteiger partial charge in [0.05, 0.1) is 24.5 Å². The number of nitrogens with two attached hydrogens (primary N) is 1. The Morgan fingerprint density at radius 1 is 1.41 bits per heavy atom.